The summed E-state index contributed by atoms with van der Waals surface area (Å²) in [6.45, 7) is 1.67. The van der Waals surface area contributed by atoms with Crippen LogP contribution in [0.2, 0.25) is 10.0 Å². The van der Waals surface area contributed by atoms with Gasteiger partial charge in [0.2, 0.25) is 5.91 Å². The van der Waals surface area contributed by atoms with Gasteiger partial charge in [-0.15, -0.1) is 0 Å². The average Bonchev–Trinajstić information content (AvgIpc) is 2.64. The summed E-state index contributed by atoms with van der Waals surface area (Å²) in [5, 5.41) is 3.54. The highest BCUT2D eigenvalue weighted by Gasteiger charge is 2.26. The highest BCUT2D eigenvalue weighted by molar-refractivity contribution is 6.32. The molecule has 0 heterocycles. The van der Waals surface area contributed by atoms with Crippen molar-refractivity contribution in [3.63, 3.8) is 0 Å². The van der Waals surface area contributed by atoms with E-state index in [-0.39, 0.29) is 25.0 Å². The van der Waals surface area contributed by atoms with Gasteiger partial charge in [0.05, 0.1) is 5.02 Å². The third kappa shape index (κ3) is 5.38. The molecule has 1 atom stereocenters. The molecule has 0 spiro atoms. The quantitative estimate of drug-likeness (QED) is 0.780. The Hall–Kier alpha value is -2.24. The Labute approximate surface area is 162 Å². The summed E-state index contributed by atoms with van der Waals surface area (Å²) in [5.41, 5.74) is 0.819. The summed E-state index contributed by atoms with van der Waals surface area (Å²) in [5.74, 6) is -0.183. The number of carbonyl (C=O) groups is 2. The number of halogens is 2. The number of benzene rings is 2. The van der Waals surface area contributed by atoms with Gasteiger partial charge in [0.15, 0.2) is 6.61 Å². The first kappa shape index (κ1) is 20.1. The van der Waals surface area contributed by atoms with Crippen LogP contribution in [0.5, 0.6) is 5.75 Å². The van der Waals surface area contributed by atoms with Gasteiger partial charge >= 0.3 is 0 Å². The predicted octanol–water partition coefficient (Wildman–Crippen LogP) is 3.54. The maximum Gasteiger partial charge on any atom is 0.261 e. The van der Waals surface area contributed by atoms with Gasteiger partial charge in [-0.3, -0.25) is 9.59 Å². The molecule has 2 aromatic carbocycles. The molecule has 7 heteroatoms. The lowest BCUT2D eigenvalue weighted by atomic mass is 10.1. The van der Waals surface area contributed by atoms with Crippen LogP contribution in [0.1, 0.15) is 12.5 Å². The summed E-state index contributed by atoms with van der Waals surface area (Å²) in [6, 6.07) is 13.4. The number of nitrogens with one attached hydrogen (secondary N) is 1. The van der Waals surface area contributed by atoms with Gasteiger partial charge in [-0.05, 0) is 36.8 Å². The summed E-state index contributed by atoms with van der Waals surface area (Å²) in [6.07, 6.45) is 0. The summed E-state index contributed by atoms with van der Waals surface area (Å²) in [4.78, 5) is 26.2. The van der Waals surface area contributed by atoms with Crippen molar-refractivity contribution in [2.45, 2.75) is 19.5 Å². The van der Waals surface area contributed by atoms with Crippen molar-refractivity contribution in [3.05, 3.63) is 64.1 Å². The molecular weight excluding hydrogens is 375 g/mol. The smallest absolute Gasteiger partial charge is 0.261 e. The van der Waals surface area contributed by atoms with Crippen LogP contribution >= 0.6 is 23.2 Å². The van der Waals surface area contributed by atoms with Gasteiger partial charge < -0.3 is 15.0 Å². The number of para-hydroxylation sites is 1. The molecule has 2 rings (SSSR count). The molecule has 26 heavy (non-hydrogen) atoms. The number of nitrogens with zero attached hydrogens (tertiary/aromatic N) is 1. The van der Waals surface area contributed by atoms with Gasteiger partial charge in [0, 0.05) is 18.6 Å². The van der Waals surface area contributed by atoms with Crippen LogP contribution in [0.3, 0.4) is 0 Å². The molecule has 0 radical (unpaired) electrons. The number of rotatable bonds is 7. The topological polar surface area (TPSA) is 58.6 Å². The minimum absolute atomic E-state index is 0.231. The second-order valence-electron chi connectivity index (χ2n) is 5.66. The van der Waals surface area contributed by atoms with Crippen LogP contribution in [0.4, 0.5) is 0 Å². The van der Waals surface area contributed by atoms with Crippen molar-refractivity contribution in [1.82, 2.24) is 10.2 Å². The van der Waals surface area contributed by atoms with E-state index in [0.29, 0.717) is 15.8 Å². The van der Waals surface area contributed by atoms with Crippen LogP contribution in [0.25, 0.3) is 0 Å². The fourth-order valence-corrected chi connectivity index (χ4v) is 2.81. The monoisotopic (exact) mass is 394 g/mol. The molecule has 138 valence electrons. The van der Waals surface area contributed by atoms with E-state index in [1.165, 1.54) is 11.9 Å². The predicted molar refractivity (Wildman–Crippen MR) is 102 cm³/mol. The van der Waals surface area contributed by atoms with Crippen molar-refractivity contribution in [3.8, 4) is 5.75 Å². The SMILES string of the molecule is CNC(=O)C(C)N(Cc1cccc(Cl)c1)C(=O)COc1ccccc1Cl. The summed E-state index contributed by atoms with van der Waals surface area (Å²) < 4.78 is 5.52. The Bertz CT molecular complexity index is 783. The van der Waals surface area contributed by atoms with Gasteiger partial charge in [-0.2, -0.15) is 0 Å². The van der Waals surface area contributed by atoms with Gasteiger partial charge in [-0.25, -0.2) is 0 Å². The Kier molecular flexibility index (Phi) is 7.30. The van der Waals surface area contributed by atoms with Crippen molar-refractivity contribution < 1.29 is 14.3 Å². The first-order chi connectivity index (χ1) is 12.4. The third-order valence-electron chi connectivity index (χ3n) is 3.84. The van der Waals surface area contributed by atoms with Crippen LogP contribution in [0, 0.1) is 0 Å². The van der Waals surface area contributed by atoms with E-state index in [1.807, 2.05) is 6.07 Å². The zero-order chi connectivity index (χ0) is 19.1. The van der Waals surface area contributed by atoms with E-state index >= 15 is 0 Å². The number of carbonyl (C=O) groups excluding carboxylic acids is 2. The first-order valence-electron chi connectivity index (χ1n) is 8.05. The van der Waals surface area contributed by atoms with Gasteiger partial charge in [0.25, 0.3) is 5.91 Å². The molecule has 0 aliphatic carbocycles. The molecule has 0 fully saturated rings. The molecular formula is C19H20Cl2N2O3. The average molecular weight is 395 g/mol. The fourth-order valence-electron chi connectivity index (χ4n) is 2.41. The van der Waals surface area contributed by atoms with Crippen LogP contribution < -0.4 is 10.1 Å². The molecule has 0 bridgehead atoms. The Morgan fingerprint density at radius 2 is 1.88 bits per heavy atom. The number of ether oxygens (including phenoxy) is 1. The van der Waals surface area contributed by atoms with Crippen LogP contribution in [-0.2, 0) is 16.1 Å². The molecule has 0 aliphatic rings. The molecule has 0 saturated carbocycles. The van der Waals surface area contributed by atoms with E-state index < -0.39 is 6.04 Å². The Morgan fingerprint density at radius 3 is 2.54 bits per heavy atom. The van der Waals surface area contributed by atoms with Crippen LogP contribution in [-0.4, -0.2) is 36.4 Å². The van der Waals surface area contributed by atoms with E-state index in [4.69, 9.17) is 27.9 Å². The summed E-state index contributed by atoms with van der Waals surface area (Å²) in [7, 11) is 1.53. The highest BCUT2D eigenvalue weighted by atomic mass is 35.5. The van der Waals surface area contributed by atoms with Gasteiger partial charge in [-0.1, -0.05) is 47.5 Å². The third-order valence-corrected chi connectivity index (χ3v) is 4.39. The number of hydrogen-bond donors (Lipinski definition) is 1. The molecule has 5 nitrogen and oxygen atoms in total. The van der Waals surface area contributed by atoms with Crippen molar-refractivity contribution >= 4 is 35.0 Å². The highest BCUT2D eigenvalue weighted by Crippen LogP contribution is 2.23. The molecule has 2 amide bonds. The van der Waals surface area contributed by atoms with Crippen molar-refractivity contribution in [2.24, 2.45) is 0 Å². The lowest BCUT2D eigenvalue weighted by molar-refractivity contribution is -0.142. The normalized spacial score (nSPS) is 11.5. The van der Waals surface area contributed by atoms with Gasteiger partial charge in [0.1, 0.15) is 11.8 Å². The zero-order valence-electron chi connectivity index (χ0n) is 14.5. The van der Waals surface area contributed by atoms with E-state index in [9.17, 15) is 9.59 Å². The lowest BCUT2D eigenvalue weighted by Crippen LogP contribution is -2.48. The maximum atomic E-state index is 12.7. The maximum absolute atomic E-state index is 12.7. The van der Waals surface area contributed by atoms with Crippen LogP contribution in [0.15, 0.2) is 48.5 Å². The molecule has 1 unspecified atom stereocenters. The number of hydrogen-bond acceptors (Lipinski definition) is 3. The second kappa shape index (κ2) is 9.46. The minimum atomic E-state index is -0.665. The molecule has 0 aliphatic heterocycles. The molecule has 0 aromatic heterocycles. The van der Waals surface area contributed by atoms with E-state index in [1.54, 1.807) is 49.4 Å². The molecule has 2 aromatic rings. The number of amides is 2. The fraction of sp³-hybridized carbons (Fsp3) is 0.263. The second-order valence-corrected chi connectivity index (χ2v) is 6.50. The molecule has 0 saturated heterocycles. The largest absolute Gasteiger partial charge is 0.482 e. The van der Waals surface area contributed by atoms with E-state index in [0.717, 1.165) is 5.56 Å². The summed E-state index contributed by atoms with van der Waals surface area (Å²) >= 11 is 12.1. The first-order valence-corrected chi connectivity index (χ1v) is 8.80. The van der Waals surface area contributed by atoms with Crippen molar-refractivity contribution in [1.29, 1.82) is 0 Å². The lowest BCUT2D eigenvalue weighted by Gasteiger charge is -2.28. The van der Waals surface area contributed by atoms with E-state index in [2.05, 4.69) is 5.32 Å². The standard InChI is InChI=1S/C19H20Cl2N2O3/c1-13(19(25)22-2)23(11-14-6-5-7-15(20)10-14)18(24)12-26-17-9-4-3-8-16(17)21/h3-10,13H,11-12H2,1-2H3,(H,22,25). The zero-order valence-corrected chi connectivity index (χ0v) is 16.1. The number of likely N-dealkylation sites (N-methyl/N-ethyl adjacent to an activating group) is 1. The minimum Gasteiger partial charge on any atom is -0.482 e. The van der Waals surface area contributed by atoms with Crippen molar-refractivity contribution in [2.75, 3.05) is 13.7 Å². The molecule has 1 N–H and O–H groups in total. The Morgan fingerprint density at radius 1 is 1.15 bits per heavy atom. The Balaban J connectivity index is 2.15.